The van der Waals surface area contributed by atoms with E-state index in [0.717, 1.165) is 24.3 Å². The second-order valence-corrected chi connectivity index (χ2v) is 8.04. The molecule has 0 unspecified atom stereocenters. The summed E-state index contributed by atoms with van der Waals surface area (Å²) in [6.07, 6.45) is 3.97. The van der Waals surface area contributed by atoms with Crippen LogP contribution in [0.5, 0.6) is 0 Å². The van der Waals surface area contributed by atoms with Crippen molar-refractivity contribution in [2.75, 3.05) is 22.9 Å². The average Bonchev–Trinajstić information content (AvgIpc) is 3.23. The maximum Gasteiger partial charge on any atom is 0.270 e. The number of amides is 2. The fourth-order valence-corrected chi connectivity index (χ4v) is 4.01. The normalized spacial score (nSPS) is 18.6. The first kappa shape index (κ1) is 19.9. The molecule has 0 atom stereocenters. The van der Waals surface area contributed by atoms with Gasteiger partial charge < -0.3 is 4.90 Å². The summed E-state index contributed by atoms with van der Waals surface area (Å²) < 4.78 is 0. The van der Waals surface area contributed by atoms with Gasteiger partial charge in [0.1, 0.15) is 5.57 Å². The Morgan fingerprint density at radius 1 is 0.931 bits per heavy atom. The molecule has 0 aromatic heterocycles. The molecule has 2 heterocycles. The monoisotopic (exact) mass is 445 g/mol. The van der Waals surface area contributed by atoms with Gasteiger partial charge in [0, 0.05) is 18.8 Å². The second-order valence-electron chi connectivity index (χ2n) is 6.84. The van der Waals surface area contributed by atoms with Crippen LogP contribution in [0.4, 0.5) is 11.4 Å². The van der Waals surface area contributed by atoms with Gasteiger partial charge in [0.2, 0.25) is 0 Å². The maximum atomic E-state index is 13.0. The summed E-state index contributed by atoms with van der Waals surface area (Å²) in [4.78, 5) is 29.0. The van der Waals surface area contributed by atoms with E-state index in [4.69, 9.17) is 35.4 Å². The third-order valence-corrected chi connectivity index (χ3v) is 5.96. The molecule has 2 aromatic rings. The number of thiocarbonyl (C=S) groups is 1. The highest BCUT2D eigenvalue weighted by Gasteiger charge is 2.34. The highest BCUT2D eigenvalue weighted by Crippen LogP contribution is 2.29. The number of nitrogens with one attached hydrogen (secondary N) is 1. The lowest BCUT2D eigenvalue weighted by atomic mass is 10.1. The van der Waals surface area contributed by atoms with Gasteiger partial charge in [-0.2, -0.15) is 0 Å². The molecule has 148 valence electrons. The van der Waals surface area contributed by atoms with Crippen LogP contribution >= 0.6 is 35.4 Å². The largest absolute Gasteiger partial charge is 0.372 e. The summed E-state index contributed by atoms with van der Waals surface area (Å²) in [5.74, 6) is -1.04. The molecule has 2 fully saturated rings. The molecule has 2 aliphatic heterocycles. The van der Waals surface area contributed by atoms with Gasteiger partial charge in [0.15, 0.2) is 5.11 Å². The van der Waals surface area contributed by atoms with Crippen LogP contribution in [0.1, 0.15) is 18.4 Å². The topological polar surface area (TPSA) is 52.7 Å². The zero-order valence-electron chi connectivity index (χ0n) is 15.3. The van der Waals surface area contributed by atoms with E-state index >= 15 is 0 Å². The molecule has 2 aliphatic rings. The van der Waals surface area contributed by atoms with Crippen LogP contribution < -0.4 is 15.1 Å². The van der Waals surface area contributed by atoms with Gasteiger partial charge in [0.25, 0.3) is 11.8 Å². The van der Waals surface area contributed by atoms with E-state index in [1.54, 1.807) is 18.2 Å². The number of rotatable bonds is 3. The van der Waals surface area contributed by atoms with Crippen molar-refractivity contribution in [3.05, 3.63) is 63.6 Å². The summed E-state index contributed by atoms with van der Waals surface area (Å²) in [6, 6.07) is 12.5. The average molecular weight is 446 g/mol. The summed E-state index contributed by atoms with van der Waals surface area (Å²) >= 11 is 17.2. The Balaban J connectivity index is 1.63. The lowest BCUT2D eigenvalue weighted by Gasteiger charge is -2.29. The first-order valence-electron chi connectivity index (χ1n) is 9.15. The predicted molar refractivity (Wildman–Crippen MR) is 121 cm³/mol. The predicted octanol–water partition coefficient (Wildman–Crippen LogP) is 4.42. The number of carbonyl (C=O) groups excluding carboxylic acids is 2. The molecule has 0 radical (unpaired) electrons. The third kappa shape index (κ3) is 4.01. The first-order valence-corrected chi connectivity index (χ1v) is 10.3. The van der Waals surface area contributed by atoms with Gasteiger partial charge in [-0.05, 0) is 67.0 Å². The van der Waals surface area contributed by atoms with E-state index < -0.39 is 11.8 Å². The quantitative estimate of drug-likeness (QED) is 0.431. The van der Waals surface area contributed by atoms with Crippen LogP contribution in [0.25, 0.3) is 6.08 Å². The number of carbonyl (C=O) groups is 2. The molecule has 0 aliphatic carbocycles. The number of benzene rings is 2. The number of nitrogens with zero attached hydrogens (tertiary/aromatic N) is 2. The van der Waals surface area contributed by atoms with Crippen LogP contribution in [-0.2, 0) is 9.59 Å². The molecule has 4 rings (SSSR count). The molecule has 1 N–H and O–H groups in total. The molecule has 2 amide bonds. The summed E-state index contributed by atoms with van der Waals surface area (Å²) in [6.45, 7) is 2.11. The Kier molecular flexibility index (Phi) is 5.58. The van der Waals surface area contributed by atoms with E-state index in [1.165, 1.54) is 23.8 Å². The van der Waals surface area contributed by atoms with Crippen molar-refractivity contribution < 1.29 is 9.59 Å². The Hall–Kier alpha value is -2.41. The molecule has 2 aromatic carbocycles. The van der Waals surface area contributed by atoms with E-state index in [2.05, 4.69) is 10.2 Å². The van der Waals surface area contributed by atoms with Gasteiger partial charge in [-0.1, -0.05) is 35.3 Å². The lowest BCUT2D eigenvalue weighted by Crippen LogP contribution is -2.54. The van der Waals surface area contributed by atoms with E-state index in [9.17, 15) is 9.59 Å². The Morgan fingerprint density at radius 3 is 2.24 bits per heavy atom. The van der Waals surface area contributed by atoms with Crippen molar-refractivity contribution in [1.82, 2.24) is 5.32 Å². The van der Waals surface area contributed by atoms with Crippen molar-refractivity contribution >= 4 is 69.8 Å². The zero-order chi connectivity index (χ0) is 20.5. The molecular formula is C21H17Cl2N3O2S. The molecule has 29 heavy (non-hydrogen) atoms. The molecular weight excluding hydrogens is 429 g/mol. The van der Waals surface area contributed by atoms with Crippen molar-refractivity contribution in [1.29, 1.82) is 0 Å². The smallest absolute Gasteiger partial charge is 0.270 e. The number of anilines is 2. The minimum atomic E-state index is -0.528. The van der Waals surface area contributed by atoms with E-state index in [1.807, 2.05) is 24.3 Å². The van der Waals surface area contributed by atoms with Crippen LogP contribution in [-0.4, -0.2) is 30.0 Å². The fourth-order valence-electron chi connectivity index (χ4n) is 3.44. The molecule has 8 heteroatoms. The molecule has 0 spiro atoms. The van der Waals surface area contributed by atoms with Crippen LogP contribution in [0.2, 0.25) is 10.0 Å². The van der Waals surface area contributed by atoms with Crippen molar-refractivity contribution in [2.45, 2.75) is 12.8 Å². The van der Waals surface area contributed by atoms with Crippen molar-refractivity contribution in [3.8, 4) is 0 Å². The zero-order valence-corrected chi connectivity index (χ0v) is 17.7. The summed E-state index contributed by atoms with van der Waals surface area (Å²) in [7, 11) is 0. The molecule has 2 saturated heterocycles. The maximum absolute atomic E-state index is 13.0. The summed E-state index contributed by atoms with van der Waals surface area (Å²) in [5.41, 5.74) is 2.33. The van der Waals surface area contributed by atoms with Crippen LogP contribution in [0.3, 0.4) is 0 Å². The Labute approximate surface area is 183 Å². The highest BCUT2D eigenvalue weighted by atomic mass is 35.5. The van der Waals surface area contributed by atoms with Crippen molar-refractivity contribution in [2.24, 2.45) is 0 Å². The second kappa shape index (κ2) is 8.14. The van der Waals surface area contributed by atoms with E-state index in [-0.39, 0.29) is 10.7 Å². The Bertz CT molecular complexity index is 1030. The highest BCUT2D eigenvalue weighted by molar-refractivity contribution is 7.80. The molecule has 5 nitrogen and oxygen atoms in total. The van der Waals surface area contributed by atoms with Gasteiger partial charge in [-0.15, -0.1) is 0 Å². The number of hydrogen-bond acceptors (Lipinski definition) is 4. The van der Waals surface area contributed by atoms with Gasteiger partial charge in [-0.25, -0.2) is 0 Å². The fraction of sp³-hybridized carbons (Fsp3) is 0.190. The number of hydrogen-bond donors (Lipinski definition) is 1. The van der Waals surface area contributed by atoms with E-state index in [0.29, 0.717) is 15.7 Å². The standard InChI is InChI=1S/C21H17Cl2N3O2S/c22-17-8-7-15(12-18(17)23)26-20(28)16(19(27)24-21(26)29)11-13-3-5-14(6-4-13)25-9-1-2-10-25/h3-8,11-12H,1-2,9-10H2,(H,24,27,29). The van der Waals surface area contributed by atoms with Crippen molar-refractivity contribution in [3.63, 3.8) is 0 Å². The summed E-state index contributed by atoms with van der Waals surface area (Å²) in [5, 5.41) is 3.22. The first-order chi connectivity index (χ1) is 13.9. The lowest BCUT2D eigenvalue weighted by molar-refractivity contribution is -0.122. The minimum Gasteiger partial charge on any atom is -0.372 e. The van der Waals surface area contributed by atoms with Gasteiger partial charge in [0.05, 0.1) is 15.7 Å². The molecule has 0 saturated carbocycles. The van der Waals surface area contributed by atoms with Gasteiger partial charge >= 0.3 is 0 Å². The number of halogens is 2. The minimum absolute atomic E-state index is 0.0000737. The van der Waals surface area contributed by atoms with Gasteiger partial charge in [-0.3, -0.25) is 19.8 Å². The van der Waals surface area contributed by atoms with Crippen LogP contribution in [0.15, 0.2) is 48.0 Å². The SMILES string of the molecule is O=C1NC(=S)N(c2ccc(Cl)c(Cl)c2)C(=O)C1=Cc1ccc(N2CCCC2)cc1. The molecule has 0 bridgehead atoms. The van der Waals surface area contributed by atoms with Crippen LogP contribution in [0, 0.1) is 0 Å². The third-order valence-electron chi connectivity index (χ3n) is 4.94. The Morgan fingerprint density at radius 2 is 1.59 bits per heavy atom.